The normalized spacial score (nSPS) is 18.6. The van der Waals surface area contributed by atoms with Gasteiger partial charge in [0.15, 0.2) is 6.61 Å². The van der Waals surface area contributed by atoms with Crippen molar-refractivity contribution in [3.05, 3.63) is 60.2 Å². The summed E-state index contributed by atoms with van der Waals surface area (Å²) in [6.45, 7) is 3.80. The Bertz CT molecular complexity index is 857. The van der Waals surface area contributed by atoms with Gasteiger partial charge in [-0.1, -0.05) is 18.2 Å². The zero-order chi connectivity index (χ0) is 21.5. The molecule has 1 atom stereocenters. The van der Waals surface area contributed by atoms with Gasteiger partial charge in [-0.3, -0.25) is 4.79 Å². The van der Waals surface area contributed by atoms with Gasteiger partial charge in [-0.05, 0) is 49.2 Å². The van der Waals surface area contributed by atoms with Gasteiger partial charge in [-0.25, -0.2) is 4.79 Å². The SMILES string of the molecule is O=C(OCC(=O)N1CCN(c2ccccc2)CC1)c1ccc(OC[C@H]2CCCO2)cc1. The minimum Gasteiger partial charge on any atom is -0.491 e. The molecule has 2 saturated heterocycles. The second kappa shape index (κ2) is 10.3. The molecule has 2 aliphatic rings. The molecule has 0 aromatic heterocycles. The van der Waals surface area contributed by atoms with E-state index in [9.17, 15) is 9.59 Å². The maximum Gasteiger partial charge on any atom is 0.338 e. The van der Waals surface area contributed by atoms with Gasteiger partial charge in [0.05, 0.1) is 11.7 Å². The van der Waals surface area contributed by atoms with Crippen LogP contribution in [0, 0.1) is 0 Å². The summed E-state index contributed by atoms with van der Waals surface area (Å²) in [5.74, 6) is -0.000982. The molecule has 7 nitrogen and oxygen atoms in total. The summed E-state index contributed by atoms with van der Waals surface area (Å²) in [4.78, 5) is 28.7. The third kappa shape index (κ3) is 5.76. The molecular formula is C24H28N2O5. The molecule has 31 heavy (non-hydrogen) atoms. The smallest absolute Gasteiger partial charge is 0.338 e. The van der Waals surface area contributed by atoms with Crippen LogP contribution in [0.2, 0.25) is 0 Å². The van der Waals surface area contributed by atoms with Crippen LogP contribution < -0.4 is 9.64 Å². The van der Waals surface area contributed by atoms with Gasteiger partial charge < -0.3 is 24.0 Å². The van der Waals surface area contributed by atoms with Crippen molar-refractivity contribution in [3.8, 4) is 5.75 Å². The summed E-state index contributed by atoms with van der Waals surface area (Å²) in [5, 5.41) is 0. The lowest BCUT2D eigenvalue weighted by atomic mass is 10.2. The van der Waals surface area contributed by atoms with E-state index in [2.05, 4.69) is 17.0 Å². The number of para-hydroxylation sites is 1. The Hall–Kier alpha value is -3.06. The topological polar surface area (TPSA) is 68.3 Å². The maximum absolute atomic E-state index is 12.4. The fourth-order valence-electron chi connectivity index (χ4n) is 3.81. The van der Waals surface area contributed by atoms with Crippen LogP contribution in [0.3, 0.4) is 0 Å². The lowest BCUT2D eigenvalue weighted by Gasteiger charge is -2.36. The lowest BCUT2D eigenvalue weighted by Crippen LogP contribution is -2.49. The van der Waals surface area contributed by atoms with E-state index in [1.54, 1.807) is 29.2 Å². The monoisotopic (exact) mass is 424 g/mol. The van der Waals surface area contributed by atoms with Crippen molar-refractivity contribution in [2.45, 2.75) is 18.9 Å². The van der Waals surface area contributed by atoms with Crippen LogP contribution in [0.5, 0.6) is 5.75 Å². The van der Waals surface area contributed by atoms with Crippen LogP contribution >= 0.6 is 0 Å². The third-order valence-electron chi connectivity index (χ3n) is 5.63. The van der Waals surface area contributed by atoms with Gasteiger partial charge in [0.25, 0.3) is 5.91 Å². The first-order valence-electron chi connectivity index (χ1n) is 10.8. The highest BCUT2D eigenvalue weighted by Gasteiger charge is 2.22. The minimum atomic E-state index is -0.512. The molecule has 0 aliphatic carbocycles. The predicted molar refractivity (Wildman–Crippen MR) is 116 cm³/mol. The van der Waals surface area contributed by atoms with Crippen LogP contribution in [-0.2, 0) is 14.3 Å². The number of piperazine rings is 1. The summed E-state index contributed by atoms with van der Waals surface area (Å²) < 4.78 is 16.5. The minimum absolute atomic E-state index is 0.144. The highest BCUT2D eigenvalue weighted by Crippen LogP contribution is 2.18. The summed E-state index contributed by atoms with van der Waals surface area (Å²) in [6.07, 6.45) is 2.23. The Kier molecular flexibility index (Phi) is 7.04. The maximum atomic E-state index is 12.4. The van der Waals surface area contributed by atoms with Crippen molar-refractivity contribution >= 4 is 17.6 Å². The third-order valence-corrected chi connectivity index (χ3v) is 5.63. The molecule has 0 N–H and O–H groups in total. The Balaban J connectivity index is 1.19. The second-order valence-electron chi connectivity index (χ2n) is 7.75. The Morgan fingerprint density at radius 1 is 0.968 bits per heavy atom. The van der Waals surface area contributed by atoms with Gasteiger partial charge in [-0.2, -0.15) is 0 Å². The van der Waals surface area contributed by atoms with Crippen molar-refractivity contribution in [2.75, 3.05) is 50.9 Å². The number of hydrogen-bond donors (Lipinski definition) is 0. The highest BCUT2D eigenvalue weighted by atomic mass is 16.5. The number of carbonyl (C=O) groups is 2. The predicted octanol–water partition coefficient (Wildman–Crippen LogP) is 2.75. The zero-order valence-electron chi connectivity index (χ0n) is 17.6. The molecule has 164 valence electrons. The molecule has 2 aromatic rings. The van der Waals surface area contributed by atoms with Gasteiger partial charge >= 0.3 is 5.97 Å². The number of hydrogen-bond acceptors (Lipinski definition) is 6. The molecule has 2 heterocycles. The van der Waals surface area contributed by atoms with E-state index in [1.165, 1.54) is 0 Å². The molecule has 0 spiro atoms. The van der Waals surface area contributed by atoms with E-state index in [0.717, 1.165) is 38.2 Å². The number of carbonyl (C=O) groups excluding carboxylic acids is 2. The average Bonchev–Trinajstić information content (AvgIpc) is 3.36. The number of anilines is 1. The number of benzene rings is 2. The van der Waals surface area contributed by atoms with E-state index in [0.29, 0.717) is 31.0 Å². The standard InChI is InChI=1S/C24H28N2O5/c27-23(26-14-12-25(13-15-26)20-5-2-1-3-6-20)18-31-24(28)19-8-10-21(11-9-19)30-17-22-7-4-16-29-22/h1-3,5-6,8-11,22H,4,7,12-18H2/t22-/m1/s1. The molecule has 2 aliphatic heterocycles. The van der Waals surface area contributed by atoms with Crippen LogP contribution in [0.15, 0.2) is 54.6 Å². The van der Waals surface area contributed by atoms with Crippen molar-refractivity contribution in [1.29, 1.82) is 0 Å². The first-order chi connectivity index (χ1) is 15.2. The van der Waals surface area contributed by atoms with E-state index in [4.69, 9.17) is 14.2 Å². The molecule has 7 heteroatoms. The fraction of sp³-hybridized carbons (Fsp3) is 0.417. The number of nitrogens with zero attached hydrogens (tertiary/aromatic N) is 2. The molecule has 0 bridgehead atoms. The van der Waals surface area contributed by atoms with E-state index in [1.807, 2.05) is 18.2 Å². The molecule has 2 fully saturated rings. The molecule has 0 unspecified atom stereocenters. The summed E-state index contributed by atoms with van der Waals surface area (Å²) >= 11 is 0. The first-order valence-corrected chi connectivity index (χ1v) is 10.8. The highest BCUT2D eigenvalue weighted by molar-refractivity contribution is 5.91. The van der Waals surface area contributed by atoms with Crippen LogP contribution in [-0.4, -0.2) is 68.9 Å². The number of amides is 1. The summed E-state index contributed by atoms with van der Waals surface area (Å²) in [6, 6.07) is 16.9. The largest absolute Gasteiger partial charge is 0.491 e. The quantitative estimate of drug-likeness (QED) is 0.637. The van der Waals surface area contributed by atoms with Crippen LogP contribution in [0.1, 0.15) is 23.2 Å². The summed E-state index contributed by atoms with van der Waals surface area (Å²) in [5.41, 5.74) is 1.55. The Morgan fingerprint density at radius 3 is 2.39 bits per heavy atom. The first kappa shape index (κ1) is 21.2. The molecule has 2 aromatic carbocycles. The van der Waals surface area contributed by atoms with Gasteiger partial charge in [0, 0.05) is 38.5 Å². The van der Waals surface area contributed by atoms with E-state index < -0.39 is 5.97 Å². The Morgan fingerprint density at radius 2 is 1.71 bits per heavy atom. The zero-order valence-corrected chi connectivity index (χ0v) is 17.6. The molecular weight excluding hydrogens is 396 g/mol. The van der Waals surface area contributed by atoms with Crippen LogP contribution in [0.4, 0.5) is 5.69 Å². The molecule has 4 rings (SSSR count). The lowest BCUT2D eigenvalue weighted by molar-refractivity contribution is -0.134. The van der Waals surface area contributed by atoms with Crippen molar-refractivity contribution in [2.24, 2.45) is 0 Å². The van der Waals surface area contributed by atoms with Gasteiger partial charge in [0.2, 0.25) is 0 Å². The molecule has 1 amide bonds. The summed E-state index contributed by atoms with van der Waals surface area (Å²) in [7, 11) is 0. The second-order valence-corrected chi connectivity index (χ2v) is 7.75. The number of rotatable bonds is 7. The molecule has 0 saturated carbocycles. The van der Waals surface area contributed by atoms with Crippen molar-refractivity contribution < 1.29 is 23.8 Å². The van der Waals surface area contributed by atoms with Crippen molar-refractivity contribution in [1.82, 2.24) is 4.90 Å². The molecule has 0 radical (unpaired) electrons. The average molecular weight is 424 g/mol. The van der Waals surface area contributed by atoms with Crippen LogP contribution in [0.25, 0.3) is 0 Å². The van der Waals surface area contributed by atoms with Gasteiger partial charge in [0.1, 0.15) is 12.4 Å². The van der Waals surface area contributed by atoms with E-state index in [-0.39, 0.29) is 18.6 Å². The Labute approximate surface area is 182 Å². The van der Waals surface area contributed by atoms with Gasteiger partial charge in [-0.15, -0.1) is 0 Å². The number of ether oxygens (including phenoxy) is 3. The fourth-order valence-corrected chi connectivity index (χ4v) is 3.81. The number of esters is 1. The van der Waals surface area contributed by atoms with Crippen molar-refractivity contribution in [3.63, 3.8) is 0 Å². The van der Waals surface area contributed by atoms with E-state index >= 15 is 0 Å².